The van der Waals surface area contributed by atoms with Gasteiger partial charge in [0.1, 0.15) is 5.00 Å². The Kier molecular flexibility index (Phi) is 2.37. The van der Waals surface area contributed by atoms with E-state index in [-0.39, 0.29) is 0 Å². The van der Waals surface area contributed by atoms with Gasteiger partial charge in [0.05, 0.1) is 23.0 Å². The number of nitrogen functional groups attached to an aromatic ring is 1. The topological polar surface area (TPSA) is 95.7 Å². The highest BCUT2D eigenvalue weighted by Crippen LogP contribution is 2.32. The summed E-state index contributed by atoms with van der Waals surface area (Å²) in [5.41, 5.74) is 8.14. The SMILES string of the molecule is Cc1nsc(N)c1-c1nc(-c2cnn(C)c2)no1. The maximum atomic E-state index is 5.84. The molecule has 3 heterocycles. The van der Waals surface area contributed by atoms with Crippen LogP contribution in [0.1, 0.15) is 5.69 Å². The van der Waals surface area contributed by atoms with E-state index < -0.39 is 0 Å². The number of anilines is 1. The first-order valence-corrected chi connectivity index (χ1v) is 5.97. The molecule has 0 aromatic carbocycles. The molecule has 2 N–H and O–H groups in total. The molecule has 3 aromatic heterocycles. The second-order valence-electron chi connectivity index (χ2n) is 3.83. The Morgan fingerprint density at radius 2 is 2.28 bits per heavy atom. The second kappa shape index (κ2) is 3.91. The van der Waals surface area contributed by atoms with Gasteiger partial charge in [-0.3, -0.25) is 4.68 Å². The number of hydrogen-bond donors (Lipinski definition) is 1. The summed E-state index contributed by atoms with van der Waals surface area (Å²) in [4.78, 5) is 4.31. The van der Waals surface area contributed by atoms with E-state index in [0.29, 0.717) is 22.3 Å². The molecule has 0 aliphatic carbocycles. The fourth-order valence-corrected chi connectivity index (χ4v) is 2.28. The molecule has 8 heteroatoms. The molecule has 7 nitrogen and oxygen atoms in total. The van der Waals surface area contributed by atoms with E-state index in [2.05, 4.69) is 19.6 Å². The second-order valence-corrected chi connectivity index (χ2v) is 4.64. The van der Waals surface area contributed by atoms with Crippen LogP contribution in [-0.2, 0) is 7.05 Å². The molecule has 18 heavy (non-hydrogen) atoms. The van der Waals surface area contributed by atoms with Gasteiger partial charge in [-0.05, 0) is 18.5 Å². The van der Waals surface area contributed by atoms with E-state index in [9.17, 15) is 0 Å². The molecular weight excluding hydrogens is 252 g/mol. The van der Waals surface area contributed by atoms with Crippen molar-refractivity contribution in [3.8, 4) is 22.8 Å². The summed E-state index contributed by atoms with van der Waals surface area (Å²) in [5, 5.41) is 8.56. The molecule has 0 spiro atoms. The highest BCUT2D eigenvalue weighted by molar-refractivity contribution is 7.10. The first kappa shape index (κ1) is 10.9. The molecule has 0 aliphatic rings. The van der Waals surface area contributed by atoms with Crippen LogP contribution in [0, 0.1) is 6.92 Å². The van der Waals surface area contributed by atoms with Crippen LogP contribution in [-0.4, -0.2) is 24.3 Å². The zero-order valence-electron chi connectivity index (χ0n) is 9.78. The van der Waals surface area contributed by atoms with Crippen molar-refractivity contribution < 1.29 is 4.52 Å². The van der Waals surface area contributed by atoms with Crippen molar-refractivity contribution >= 4 is 16.5 Å². The minimum Gasteiger partial charge on any atom is -0.389 e. The Labute approximate surface area is 106 Å². The average molecular weight is 262 g/mol. The van der Waals surface area contributed by atoms with Gasteiger partial charge < -0.3 is 10.3 Å². The minimum absolute atomic E-state index is 0.387. The smallest absolute Gasteiger partial charge is 0.263 e. The molecule has 0 amide bonds. The summed E-state index contributed by atoms with van der Waals surface area (Å²) in [7, 11) is 1.83. The largest absolute Gasteiger partial charge is 0.389 e. The van der Waals surface area contributed by atoms with E-state index in [1.165, 1.54) is 11.5 Å². The van der Waals surface area contributed by atoms with Crippen LogP contribution >= 0.6 is 11.5 Å². The van der Waals surface area contributed by atoms with Crippen LogP contribution in [0.15, 0.2) is 16.9 Å². The summed E-state index contributed by atoms with van der Waals surface area (Å²) >= 11 is 1.22. The molecule has 0 bridgehead atoms. The number of aryl methyl sites for hydroxylation is 2. The van der Waals surface area contributed by atoms with E-state index in [1.54, 1.807) is 10.9 Å². The van der Waals surface area contributed by atoms with Crippen LogP contribution in [0.3, 0.4) is 0 Å². The van der Waals surface area contributed by atoms with E-state index >= 15 is 0 Å². The Hall–Kier alpha value is -2.22. The summed E-state index contributed by atoms with van der Waals surface area (Å²) in [6.07, 6.45) is 3.49. The van der Waals surface area contributed by atoms with Crippen molar-refractivity contribution in [3.05, 3.63) is 18.1 Å². The van der Waals surface area contributed by atoms with Crippen LogP contribution in [0.25, 0.3) is 22.8 Å². The Bertz CT molecular complexity index is 677. The number of hydrogen-bond acceptors (Lipinski definition) is 7. The standard InChI is InChI=1S/C10H10N6OS/c1-5-7(8(11)18-15-5)10-13-9(14-17-10)6-3-12-16(2)4-6/h3-4H,11H2,1-2H3. The summed E-state index contributed by atoms with van der Waals surface area (Å²) in [6, 6.07) is 0. The van der Waals surface area contributed by atoms with Gasteiger partial charge >= 0.3 is 0 Å². The quantitative estimate of drug-likeness (QED) is 0.751. The van der Waals surface area contributed by atoms with Gasteiger partial charge in [0.25, 0.3) is 5.89 Å². The highest BCUT2D eigenvalue weighted by atomic mass is 32.1. The fourth-order valence-electron chi connectivity index (χ4n) is 1.63. The van der Waals surface area contributed by atoms with Crippen LogP contribution in [0.2, 0.25) is 0 Å². The third-order valence-electron chi connectivity index (χ3n) is 2.49. The predicted octanol–water partition coefficient (Wildman–Crippen LogP) is 1.48. The number of nitrogens with two attached hydrogens (primary N) is 1. The maximum absolute atomic E-state index is 5.84. The van der Waals surface area contributed by atoms with Gasteiger partial charge in [0.15, 0.2) is 0 Å². The van der Waals surface area contributed by atoms with Crippen LogP contribution in [0.5, 0.6) is 0 Å². The molecule has 3 aromatic rings. The van der Waals surface area contributed by atoms with Crippen LogP contribution in [0.4, 0.5) is 5.00 Å². The minimum atomic E-state index is 0.387. The van der Waals surface area contributed by atoms with Crippen molar-refractivity contribution in [1.82, 2.24) is 24.3 Å². The highest BCUT2D eigenvalue weighted by Gasteiger charge is 2.18. The molecular formula is C10H10N6OS. The van der Waals surface area contributed by atoms with E-state index in [4.69, 9.17) is 10.3 Å². The van der Waals surface area contributed by atoms with Gasteiger partial charge in [0.2, 0.25) is 5.82 Å². The predicted molar refractivity (Wildman–Crippen MR) is 66.8 cm³/mol. The number of aromatic nitrogens is 5. The van der Waals surface area contributed by atoms with Gasteiger partial charge in [-0.15, -0.1) is 0 Å². The normalized spacial score (nSPS) is 11.0. The lowest BCUT2D eigenvalue weighted by Gasteiger charge is -1.91. The Morgan fingerprint density at radius 1 is 1.44 bits per heavy atom. The molecule has 3 rings (SSSR count). The fraction of sp³-hybridized carbons (Fsp3) is 0.200. The zero-order chi connectivity index (χ0) is 12.7. The van der Waals surface area contributed by atoms with Crippen molar-refractivity contribution in [3.63, 3.8) is 0 Å². The molecule has 0 saturated carbocycles. The lowest BCUT2D eigenvalue weighted by molar-refractivity contribution is 0.432. The third kappa shape index (κ3) is 1.66. The molecule has 0 aliphatic heterocycles. The summed E-state index contributed by atoms with van der Waals surface area (Å²) in [6.45, 7) is 1.86. The molecule has 0 radical (unpaired) electrons. The van der Waals surface area contributed by atoms with E-state index in [0.717, 1.165) is 11.3 Å². The van der Waals surface area contributed by atoms with Crippen molar-refractivity contribution in [2.75, 3.05) is 5.73 Å². The monoisotopic (exact) mass is 262 g/mol. The van der Waals surface area contributed by atoms with E-state index in [1.807, 2.05) is 20.2 Å². The lowest BCUT2D eigenvalue weighted by Crippen LogP contribution is -1.86. The Morgan fingerprint density at radius 3 is 2.89 bits per heavy atom. The summed E-state index contributed by atoms with van der Waals surface area (Å²) in [5.74, 6) is 0.876. The van der Waals surface area contributed by atoms with Gasteiger partial charge in [-0.1, -0.05) is 5.16 Å². The lowest BCUT2D eigenvalue weighted by atomic mass is 10.2. The van der Waals surface area contributed by atoms with Gasteiger partial charge in [-0.25, -0.2) is 0 Å². The van der Waals surface area contributed by atoms with Crippen molar-refractivity contribution in [2.24, 2.45) is 7.05 Å². The third-order valence-corrected chi connectivity index (χ3v) is 3.26. The molecule has 0 unspecified atom stereocenters. The molecule has 0 saturated heterocycles. The van der Waals surface area contributed by atoms with Crippen molar-refractivity contribution in [1.29, 1.82) is 0 Å². The number of nitrogens with zero attached hydrogens (tertiary/aromatic N) is 5. The summed E-state index contributed by atoms with van der Waals surface area (Å²) < 4.78 is 11.1. The van der Waals surface area contributed by atoms with Gasteiger partial charge in [-0.2, -0.15) is 14.5 Å². The zero-order valence-corrected chi connectivity index (χ0v) is 10.6. The first-order chi connectivity index (χ1) is 8.65. The maximum Gasteiger partial charge on any atom is 0.263 e. The molecule has 92 valence electrons. The van der Waals surface area contributed by atoms with Crippen LogP contribution < -0.4 is 5.73 Å². The average Bonchev–Trinajstić information content (AvgIpc) is 3.00. The van der Waals surface area contributed by atoms with Crippen molar-refractivity contribution in [2.45, 2.75) is 6.92 Å². The molecule has 0 fully saturated rings. The Balaban J connectivity index is 2.04. The first-order valence-electron chi connectivity index (χ1n) is 5.20. The molecule has 0 atom stereocenters. The number of rotatable bonds is 2. The van der Waals surface area contributed by atoms with Gasteiger partial charge in [0, 0.05) is 13.2 Å².